The fourth-order valence-electron chi connectivity index (χ4n) is 4.54. The van der Waals surface area contributed by atoms with Crippen LogP contribution >= 0.6 is 0 Å². The summed E-state index contributed by atoms with van der Waals surface area (Å²) in [5.74, 6) is 0.451. The Morgan fingerprint density at radius 2 is 1.94 bits per heavy atom. The monoisotopic (exact) mass is 459 g/mol. The number of aromatic hydroxyl groups is 1. The van der Waals surface area contributed by atoms with E-state index in [1.807, 2.05) is 30.3 Å². The smallest absolute Gasteiger partial charge is 0.244 e. The summed E-state index contributed by atoms with van der Waals surface area (Å²) in [6.45, 7) is 3.46. The van der Waals surface area contributed by atoms with Gasteiger partial charge in [-0.1, -0.05) is 30.3 Å². The van der Waals surface area contributed by atoms with Crippen molar-refractivity contribution in [1.82, 2.24) is 9.88 Å². The van der Waals surface area contributed by atoms with Gasteiger partial charge in [-0.2, -0.15) is 0 Å². The van der Waals surface area contributed by atoms with Gasteiger partial charge in [0, 0.05) is 22.9 Å². The largest absolute Gasteiger partial charge is 0.494 e. The van der Waals surface area contributed by atoms with Gasteiger partial charge in [0.25, 0.3) is 0 Å². The number of aromatic nitrogens is 1. The highest BCUT2D eigenvalue weighted by atomic mass is 16.7. The minimum absolute atomic E-state index is 0.00149. The average Bonchev–Trinajstić information content (AvgIpc) is 3.42. The Balaban J connectivity index is 1.52. The molecule has 34 heavy (non-hydrogen) atoms. The number of carbonyl (C=O) groups excluding carboxylic acids is 1. The normalized spacial score (nSPS) is 19.6. The summed E-state index contributed by atoms with van der Waals surface area (Å²) >= 11 is 0. The lowest BCUT2D eigenvalue weighted by Crippen LogP contribution is -2.32. The van der Waals surface area contributed by atoms with Crippen LogP contribution in [0.1, 0.15) is 41.3 Å². The molecule has 1 unspecified atom stereocenters. The van der Waals surface area contributed by atoms with Gasteiger partial charge in [-0.25, -0.2) is 0 Å². The lowest BCUT2D eigenvalue weighted by molar-refractivity contribution is -0.0253. The van der Waals surface area contributed by atoms with Crippen molar-refractivity contribution >= 4 is 22.4 Å². The number of likely N-dealkylation sites (tertiary alicyclic amines) is 1. The Morgan fingerprint density at radius 3 is 2.68 bits per heavy atom. The summed E-state index contributed by atoms with van der Waals surface area (Å²) in [5.41, 5.74) is 3.50. The van der Waals surface area contributed by atoms with Crippen molar-refractivity contribution in [2.24, 2.45) is 4.99 Å². The lowest BCUT2D eigenvalue weighted by Gasteiger charge is -2.27. The molecule has 2 aliphatic rings. The second-order valence-corrected chi connectivity index (χ2v) is 9.03. The molecular formula is C27H29N3O4. The Bertz CT molecular complexity index is 1250. The van der Waals surface area contributed by atoms with E-state index in [2.05, 4.69) is 16.9 Å². The first-order valence-electron chi connectivity index (χ1n) is 11.7. The molecule has 2 aromatic carbocycles. The quantitative estimate of drug-likeness (QED) is 0.421. The van der Waals surface area contributed by atoms with Gasteiger partial charge in [0.15, 0.2) is 17.4 Å². The zero-order valence-corrected chi connectivity index (χ0v) is 19.5. The molecule has 0 aliphatic carbocycles. The topological polar surface area (TPSA) is 87.2 Å². The number of rotatable bonds is 6. The number of aliphatic imine (C=N–C) groups is 1. The van der Waals surface area contributed by atoms with Crippen LogP contribution in [0, 0.1) is 0 Å². The van der Waals surface area contributed by atoms with Gasteiger partial charge in [0.05, 0.1) is 11.6 Å². The van der Waals surface area contributed by atoms with Crippen LogP contribution in [0.15, 0.2) is 65.5 Å². The molecule has 0 radical (unpaired) electrons. The van der Waals surface area contributed by atoms with Crippen molar-refractivity contribution in [2.75, 3.05) is 20.1 Å². The van der Waals surface area contributed by atoms with E-state index in [1.54, 1.807) is 24.5 Å². The number of ketones is 1. The first-order valence-corrected chi connectivity index (χ1v) is 11.7. The van der Waals surface area contributed by atoms with Crippen molar-refractivity contribution in [2.45, 2.75) is 38.5 Å². The molecule has 0 saturated carbocycles. The molecule has 5 rings (SSSR count). The number of benzene rings is 2. The number of nitrogens with zero attached hydrogens (tertiary/aromatic N) is 2. The molecule has 7 nitrogen and oxygen atoms in total. The van der Waals surface area contributed by atoms with Crippen LogP contribution in [-0.2, 0) is 15.9 Å². The van der Waals surface area contributed by atoms with Crippen LogP contribution in [0.3, 0.4) is 0 Å². The Morgan fingerprint density at radius 1 is 1.18 bits per heavy atom. The van der Waals surface area contributed by atoms with E-state index in [1.165, 1.54) is 6.92 Å². The fourth-order valence-corrected chi connectivity index (χ4v) is 4.54. The minimum atomic E-state index is -0.472. The Labute approximate surface area is 198 Å². The molecule has 1 atom stereocenters. The van der Waals surface area contributed by atoms with Crippen molar-refractivity contribution in [3.8, 4) is 5.88 Å². The third-order valence-corrected chi connectivity index (χ3v) is 6.49. The van der Waals surface area contributed by atoms with Crippen molar-refractivity contribution in [1.29, 1.82) is 0 Å². The van der Waals surface area contributed by atoms with Crippen LogP contribution in [0.4, 0.5) is 0 Å². The van der Waals surface area contributed by atoms with E-state index < -0.39 is 6.29 Å². The number of carbonyl (C=O) groups is 1. The summed E-state index contributed by atoms with van der Waals surface area (Å²) in [7, 11) is 2.11. The molecule has 3 heterocycles. The maximum absolute atomic E-state index is 12.0. The van der Waals surface area contributed by atoms with Crippen LogP contribution in [0.2, 0.25) is 0 Å². The second kappa shape index (κ2) is 9.35. The predicted octanol–water partition coefficient (Wildman–Crippen LogP) is 4.42. The number of aromatic amines is 1. The summed E-state index contributed by atoms with van der Waals surface area (Å²) in [6, 6.07) is 15.5. The number of piperidine rings is 1. The fraction of sp³-hybridized carbons (Fsp3) is 0.333. The number of Topliss-reactive ketones (excluding diaryl/α,β-unsaturated/α-hetero) is 1. The van der Waals surface area contributed by atoms with Crippen LogP contribution < -0.4 is 0 Å². The predicted molar refractivity (Wildman–Crippen MR) is 131 cm³/mol. The Hall–Kier alpha value is -3.58. The molecule has 7 heteroatoms. The van der Waals surface area contributed by atoms with Crippen LogP contribution in [0.25, 0.3) is 10.9 Å². The summed E-state index contributed by atoms with van der Waals surface area (Å²) < 4.78 is 12.1. The first-order chi connectivity index (χ1) is 16.5. The SMILES string of the molecule is CC(=O)c1ccc2[nH]c(O)c(C(=NC3CCN(C)CC3)C3=COC(Cc4ccccc4)O3)c2c1. The Kier molecular flexibility index (Phi) is 6.11. The van der Waals surface area contributed by atoms with Crippen LogP contribution in [0.5, 0.6) is 5.88 Å². The summed E-state index contributed by atoms with van der Waals surface area (Å²) in [4.78, 5) is 22.4. The molecule has 176 valence electrons. The maximum atomic E-state index is 12.0. The zero-order chi connectivity index (χ0) is 23.7. The molecule has 1 aromatic heterocycles. The van der Waals surface area contributed by atoms with Gasteiger partial charge in [0.1, 0.15) is 12.0 Å². The lowest BCUT2D eigenvalue weighted by atomic mass is 10.0. The first kappa shape index (κ1) is 22.2. The molecule has 0 spiro atoms. The molecular weight excluding hydrogens is 430 g/mol. The molecule has 1 saturated heterocycles. The van der Waals surface area contributed by atoms with E-state index in [4.69, 9.17) is 14.5 Å². The molecule has 0 amide bonds. The van der Waals surface area contributed by atoms with Gasteiger partial charge in [-0.3, -0.25) is 9.79 Å². The van der Waals surface area contributed by atoms with E-state index >= 15 is 0 Å². The number of nitrogens with one attached hydrogen (secondary N) is 1. The van der Waals surface area contributed by atoms with Gasteiger partial charge >= 0.3 is 0 Å². The third kappa shape index (κ3) is 4.56. The van der Waals surface area contributed by atoms with Crippen molar-refractivity contribution in [3.63, 3.8) is 0 Å². The highest BCUT2D eigenvalue weighted by Gasteiger charge is 2.30. The van der Waals surface area contributed by atoms with Gasteiger partial charge in [-0.15, -0.1) is 0 Å². The number of allylic oxidation sites excluding steroid dienone is 1. The van der Waals surface area contributed by atoms with Crippen LogP contribution in [-0.4, -0.2) is 59.0 Å². The molecule has 2 aliphatic heterocycles. The maximum Gasteiger partial charge on any atom is 0.244 e. The van der Waals surface area contributed by atoms with E-state index in [0.717, 1.165) is 42.4 Å². The molecule has 0 bridgehead atoms. The average molecular weight is 460 g/mol. The number of hydrogen-bond acceptors (Lipinski definition) is 6. The van der Waals surface area contributed by atoms with Gasteiger partial charge in [0.2, 0.25) is 6.29 Å². The highest BCUT2D eigenvalue weighted by molar-refractivity contribution is 6.20. The van der Waals surface area contributed by atoms with Gasteiger partial charge < -0.3 is 24.5 Å². The van der Waals surface area contributed by atoms with E-state index in [-0.39, 0.29) is 17.7 Å². The highest BCUT2D eigenvalue weighted by Crippen LogP contribution is 2.34. The zero-order valence-electron chi connectivity index (χ0n) is 19.5. The van der Waals surface area contributed by atoms with Crippen molar-refractivity contribution < 1.29 is 19.4 Å². The number of hydrogen-bond donors (Lipinski definition) is 2. The minimum Gasteiger partial charge on any atom is -0.494 e. The molecule has 2 N–H and O–H groups in total. The van der Waals surface area contributed by atoms with E-state index in [9.17, 15) is 9.90 Å². The number of ether oxygens (including phenoxy) is 2. The summed E-state index contributed by atoms with van der Waals surface area (Å²) in [5, 5.41) is 11.6. The molecule has 1 fully saturated rings. The molecule has 3 aromatic rings. The second-order valence-electron chi connectivity index (χ2n) is 9.03. The number of fused-ring (bicyclic) bond motifs is 1. The van der Waals surface area contributed by atoms with Crippen molar-refractivity contribution in [3.05, 3.63) is 77.2 Å². The summed E-state index contributed by atoms with van der Waals surface area (Å²) in [6.07, 6.45) is 3.55. The third-order valence-electron chi connectivity index (χ3n) is 6.49. The standard InChI is InChI=1S/C27H29N3O4/c1-17(31)19-8-9-22-21(15-19)25(27(32)29-22)26(28-20-10-12-30(2)13-11-20)23-16-33-24(34-23)14-18-6-4-3-5-7-18/h3-9,15-16,20,24,29,32H,10-14H2,1-2H3. The van der Waals surface area contributed by atoms with E-state index in [0.29, 0.717) is 29.0 Å². The number of H-pyrrole nitrogens is 1. The van der Waals surface area contributed by atoms with Gasteiger partial charge in [-0.05, 0) is 63.7 Å².